The van der Waals surface area contributed by atoms with Crippen LogP contribution >= 0.6 is 15.9 Å². The van der Waals surface area contributed by atoms with E-state index in [-0.39, 0.29) is 5.91 Å². The number of halogens is 1. The van der Waals surface area contributed by atoms with E-state index < -0.39 is 8.07 Å². The molecule has 0 spiro atoms. The lowest BCUT2D eigenvalue weighted by molar-refractivity contribution is 0.0809. The van der Waals surface area contributed by atoms with Crippen LogP contribution in [0.4, 0.5) is 5.69 Å². The predicted molar refractivity (Wildman–Crippen MR) is 146 cm³/mol. The SMILES string of the molecule is C[Si](C)(C)CCOCn1nc(C(=O)Nc2cnn(CCCc3ccccc3)c2)c2ccc(Br)cc21. The lowest BCUT2D eigenvalue weighted by Crippen LogP contribution is -2.22. The van der Waals surface area contributed by atoms with Crippen molar-refractivity contribution in [1.82, 2.24) is 19.6 Å². The molecular formula is C26H32BrN5O2Si. The fourth-order valence-electron chi connectivity index (χ4n) is 3.77. The van der Waals surface area contributed by atoms with Gasteiger partial charge in [-0.1, -0.05) is 65.9 Å². The monoisotopic (exact) mass is 553 g/mol. The number of aromatic nitrogens is 4. The van der Waals surface area contributed by atoms with E-state index in [1.54, 1.807) is 10.9 Å². The predicted octanol–water partition coefficient (Wildman–Crippen LogP) is 6.19. The third kappa shape index (κ3) is 7.13. The first-order valence-corrected chi connectivity index (χ1v) is 16.4. The number of carbonyl (C=O) groups excluding carboxylic acids is 1. The van der Waals surface area contributed by atoms with E-state index in [9.17, 15) is 4.79 Å². The summed E-state index contributed by atoms with van der Waals surface area (Å²) in [7, 11) is -1.17. The fourth-order valence-corrected chi connectivity index (χ4v) is 4.88. The largest absolute Gasteiger partial charge is 0.360 e. The number of aryl methyl sites for hydroxylation is 2. The van der Waals surface area contributed by atoms with Gasteiger partial charge in [-0.3, -0.25) is 9.48 Å². The Hall–Kier alpha value is -2.75. The van der Waals surface area contributed by atoms with Gasteiger partial charge in [0.05, 0.1) is 17.4 Å². The number of amides is 1. The number of carbonyl (C=O) groups is 1. The van der Waals surface area contributed by atoms with Crippen LogP contribution in [-0.4, -0.2) is 40.1 Å². The van der Waals surface area contributed by atoms with Crippen LogP contribution in [0.5, 0.6) is 0 Å². The van der Waals surface area contributed by atoms with Crippen molar-refractivity contribution in [3.05, 3.63) is 76.7 Å². The molecule has 2 heterocycles. The summed E-state index contributed by atoms with van der Waals surface area (Å²) in [4.78, 5) is 13.1. The fraction of sp³-hybridized carbons (Fsp3) is 0.346. The normalized spacial score (nSPS) is 11.8. The van der Waals surface area contributed by atoms with E-state index in [0.717, 1.165) is 40.8 Å². The maximum absolute atomic E-state index is 13.1. The molecule has 7 nitrogen and oxygen atoms in total. The Bertz CT molecular complexity index is 1280. The minimum Gasteiger partial charge on any atom is -0.360 e. The van der Waals surface area contributed by atoms with Crippen LogP contribution in [0, 0.1) is 0 Å². The van der Waals surface area contributed by atoms with E-state index in [2.05, 4.69) is 75.4 Å². The van der Waals surface area contributed by atoms with E-state index in [0.29, 0.717) is 24.7 Å². The molecule has 0 bridgehead atoms. The van der Waals surface area contributed by atoms with E-state index >= 15 is 0 Å². The van der Waals surface area contributed by atoms with Gasteiger partial charge in [0.2, 0.25) is 0 Å². The first-order chi connectivity index (χ1) is 16.8. The highest BCUT2D eigenvalue weighted by Crippen LogP contribution is 2.24. The summed E-state index contributed by atoms with van der Waals surface area (Å²) in [5.41, 5.74) is 3.19. The molecule has 4 rings (SSSR count). The summed E-state index contributed by atoms with van der Waals surface area (Å²) >= 11 is 3.52. The Labute approximate surface area is 215 Å². The number of nitrogens with one attached hydrogen (secondary N) is 1. The number of ether oxygens (including phenoxy) is 1. The van der Waals surface area contributed by atoms with Crippen molar-refractivity contribution in [2.45, 2.75) is 51.8 Å². The van der Waals surface area contributed by atoms with Gasteiger partial charge in [0.1, 0.15) is 6.73 Å². The Kier molecular flexibility index (Phi) is 8.20. The van der Waals surface area contributed by atoms with Crippen LogP contribution in [0.2, 0.25) is 25.7 Å². The smallest absolute Gasteiger partial charge is 0.276 e. The third-order valence-electron chi connectivity index (χ3n) is 5.73. The zero-order valence-electron chi connectivity index (χ0n) is 20.5. The second-order valence-electron chi connectivity index (χ2n) is 9.89. The van der Waals surface area contributed by atoms with Crippen molar-refractivity contribution in [2.24, 2.45) is 0 Å². The Morgan fingerprint density at radius 2 is 1.94 bits per heavy atom. The lowest BCUT2D eigenvalue weighted by Gasteiger charge is -2.15. The summed E-state index contributed by atoms with van der Waals surface area (Å²) < 4.78 is 10.4. The summed E-state index contributed by atoms with van der Waals surface area (Å²) in [5.74, 6) is -0.262. The van der Waals surface area contributed by atoms with Gasteiger partial charge in [-0.05, 0) is 42.6 Å². The Balaban J connectivity index is 1.40. The second-order valence-corrected chi connectivity index (χ2v) is 16.4. The van der Waals surface area contributed by atoms with Crippen molar-refractivity contribution < 1.29 is 9.53 Å². The topological polar surface area (TPSA) is 74.0 Å². The molecule has 0 saturated heterocycles. The van der Waals surface area contributed by atoms with Crippen LogP contribution in [0.3, 0.4) is 0 Å². The Morgan fingerprint density at radius 3 is 2.71 bits per heavy atom. The molecule has 184 valence electrons. The average molecular weight is 555 g/mol. The zero-order chi connectivity index (χ0) is 24.8. The first kappa shape index (κ1) is 25.3. The summed E-state index contributed by atoms with van der Waals surface area (Å²) in [6.07, 6.45) is 5.50. The number of fused-ring (bicyclic) bond motifs is 1. The Morgan fingerprint density at radius 1 is 1.14 bits per heavy atom. The van der Waals surface area contributed by atoms with Gasteiger partial charge in [-0.2, -0.15) is 10.2 Å². The van der Waals surface area contributed by atoms with Crippen LogP contribution < -0.4 is 5.32 Å². The number of nitrogens with zero attached hydrogens (tertiary/aromatic N) is 4. The maximum Gasteiger partial charge on any atom is 0.276 e. The molecule has 0 radical (unpaired) electrons. The van der Waals surface area contributed by atoms with Crippen LogP contribution in [-0.2, 0) is 24.4 Å². The standard InChI is InChI=1S/C26H32BrN5O2Si/c1-35(2,3)15-14-34-19-32-24-16-21(27)11-12-23(24)25(30-32)26(33)29-22-17-28-31(18-22)13-7-10-20-8-5-4-6-9-20/h4-6,8-9,11-12,16-18H,7,10,13-15,19H2,1-3H3,(H,29,33). The van der Waals surface area contributed by atoms with Gasteiger partial charge in [-0.15, -0.1) is 0 Å². The molecule has 9 heteroatoms. The van der Waals surface area contributed by atoms with Gasteiger partial charge in [0, 0.05) is 37.3 Å². The van der Waals surface area contributed by atoms with Crippen molar-refractivity contribution in [3.8, 4) is 0 Å². The van der Waals surface area contributed by atoms with Crippen molar-refractivity contribution in [2.75, 3.05) is 11.9 Å². The highest BCUT2D eigenvalue weighted by molar-refractivity contribution is 9.10. The van der Waals surface area contributed by atoms with Crippen molar-refractivity contribution in [3.63, 3.8) is 0 Å². The number of hydrogen-bond donors (Lipinski definition) is 1. The number of rotatable bonds is 11. The average Bonchev–Trinajstić information content (AvgIpc) is 3.41. The van der Waals surface area contributed by atoms with E-state index in [1.807, 2.05) is 35.1 Å². The van der Waals surface area contributed by atoms with Gasteiger partial charge in [-0.25, -0.2) is 4.68 Å². The highest BCUT2D eigenvalue weighted by Gasteiger charge is 2.19. The number of benzene rings is 2. The van der Waals surface area contributed by atoms with Gasteiger partial charge >= 0.3 is 0 Å². The van der Waals surface area contributed by atoms with Crippen molar-refractivity contribution >= 4 is 46.5 Å². The van der Waals surface area contributed by atoms with E-state index in [1.165, 1.54) is 5.56 Å². The molecule has 0 unspecified atom stereocenters. The summed E-state index contributed by atoms with van der Waals surface area (Å²) in [5, 5.41) is 12.7. The molecule has 0 aliphatic rings. The molecule has 0 aliphatic carbocycles. The lowest BCUT2D eigenvalue weighted by atomic mass is 10.1. The number of hydrogen-bond acceptors (Lipinski definition) is 4. The highest BCUT2D eigenvalue weighted by atomic mass is 79.9. The van der Waals surface area contributed by atoms with Gasteiger partial charge in [0.25, 0.3) is 5.91 Å². The molecule has 1 amide bonds. The minimum atomic E-state index is -1.17. The van der Waals surface area contributed by atoms with Crippen LogP contribution in [0.15, 0.2) is 65.4 Å². The summed E-state index contributed by atoms with van der Waals surface area (Å²) in [6, 6.07) is 17.3. The maximum atomic E-state index is 13.1. The van der Waals surface area contributed by atoms with Crippen LogP contribution in [0.25, 0.3) is 10.9 Å². The van der Waals surface area contributed by atoms with Crippen molar-refractivity contribution in [1.29, 1.82) is 0 Å². The molecular weight excluding hydrogens is 522 g/mol. The molecule has 1 N–H and O–H groups in total. The molecule has 35 heavy (non-hydrogen) atoms. The molecule has 0 aliphatic heterocycles. The zero-order valence-corrected chi connectivity index (χ0v) is 23.1. The second kappa shape index (κ2) is 11.3. The number of anilines is 1. The molecule has 0 fully saturated rings. The van der Waals surface area contributed by atoms with Gasteiger partial charge < -0.3 is 10.1 Å². The molecule has 0 atom stereocenters. The quantitative estimate of drug-likeness (QED) is 0.177. The van der Waals surface area contributed by atoms with Crippen LogP contribution in [0.1, 0.15) is 22.5 Å². The third-order valence-corrected chi connectivity index (χ3v) is 7.92. The molecule has 2 aromatic heterocycles. The summed E-state index contributed by atoms with van der Waals surface area (Å²) in [6.45, 7) is 8.76. The van der Waals surface area contributed by atoms with Gasteiger partial charge in [0.15, 0.2) is 5.69 Å². The molecule has 2 aromatic carbocycles. The minimum absolute atomic E-state index is 0.262. The molecule has 4 aromatic rings. The first-order valence-electron chi connectivity index (χ1n) is 11.9. The van der Waals surface area contributed by atoms with E-state index in [4.69, 9.17) is 4.74 Å². The molecule has 0 saturated carbocycles.